The average molecular weight is 293 g/mol. The lowest BCUT2D eigenvalue weighted by molar-refractivity contribution is -0.555. The van der Waals surface area contributed by atoms with Crippen LogP contribution in [0.5, 0.6) is 0 Å². The van der Waals surface area contributed by atoms with Crippen LogP contribution in [-0.4, -0.2) is 27.6 Å². The van der Waals surface area contributed by atoms with Crippen LogP contribution in [0.4, 0.5) is 0 Å². The number of carbonyl (C=O) groups is 1. The molecular weight excluding hydrogens is 278 g/mol. The topological polar surface area (TPSA) is 63.4 Å². The van der Waals surface area contributed by atoms with E-state index in [1.807, 2.05) is 48.5 Å². The van der Waals surface area contributed by atoms with Gasteiger partial charge in [-0.25, -0.2) is 0 Å². The van der Waals surface area contributed by atoms with Gasteiger partial charge in [0.05, 0.1) is 6.42 Å². The Bertz CT molecular complexity index is 797. The van der Waals surface area contributed by atoms with Gasteiger partial charge in [0.15, 0.2) is 11.5 Å². The molecule has 110 valence electrons. The van der Waals surface area contributed by atoms with Crippen LogP contribution in [0.1, 0.15) is 27.9 Å². The van der Waals surface area contributed by atoms with Crippen LogP contribution < -0.4 is 0 Å². The maximum absolute atomic E-state index is 12.8. The predicted octanol–water partition coefficient (Wildman–Crippen LogP) is 2.13. The fourth-order valence-corrected chi connectivity index (χ4v) is 3.64. The molecule has 1 unspecified atom stereocenters. The van der Waals surface area contributed by atoms with Gasteiger partial charge in [0.2, 0.25) is 0 Å². The fourth-order valence-electron chi connectivity index (χ4n) is 3.64. The van der Waals surface area contributed by atoms with Crippen molar-refractivity contribution < 1.29 is 14.6 Å². The molecule has 4 heteroatoms. The number of hydrogen-bond donors (Lipinski definition) is 1. The second-order valence-corrected chi connectivity index (χ2v) is 6.01. The molecule has 2 aromatic carbocycles. The van der Waals surface area contributed by atoms with Crippen LogP contribution in [0.15, 0.2) is 54.6 Å². The molecular formula is C18H15NO3. The number of carbonyl (C=O) groups excluding carboxylic acids is 1. The zero-order valence-corrected chi connectivity index (χ0v) is 11.9. The Hall–Kier alpha value is -2.46. The molecule has 4 nitrogen and oxygen atoms in total. The minimum absolute atomic E-state index is 0.123. The number of aliphatic hydroxyl groups excluding tert-OH is 1. The molecule has 2 atom stereocenters. The number of benzene rings is 2. The summed E-state index contributed by atoms with van der Waals surface area (Å²) in [5.41, 5.74) is 1.74. The third-order valence-electron chi connectivity index (χ3n) is 4.79. The highest BCUT2D eigenvalue weighted by Crippen LogP contribution is 2.46. The molecule has 1 spiro atoms. The summed E-state index contributed by atoms with van der Waals surface area (Å²) in [5, 5.41) is 22.9. The van der Waals surface area contributed by atoms with Gasteiger partial charge in [-0.05, 0) is 24.1 Å². The van der Waals surface area contributed by atoms with E-state index in [4.69, 9.17) is 0 Å². The van der Waals surface area contributed by atoms with Crippen molar-refractivity contribution in [1.29, 1.82) is 0 Å². The van der Waals surface area contributed by atoms with Gasteiger partial charge in [-0.2, -0.15) is 4.74 Å². The third-order valence-corrected chi connectivity index (χ3v) is 4.79. The SMILES string of the molecule is O=C1c2ccccc2C[C@]12CC(c1ccccc1)=[N+]([O-])C2O. The van der Waals surface area contributed by atoms with Crippen LogP contribution in [0.2, 0.25) is 0 Å². The highest BCUT2D eigenvalue weighted by Gasteiger charge is 2.60. The van der Waals surface area contributed by atoms with E-state index in [0.717, 1.165) is 11.1 Å². The number of rotatable bonds is 1. The standard InChI is InChI=1S/C18H15NO3/c20-16-14-9-5-4-8-13(14)10-18(16)11-15(19(22)17(18)21)12-6-2-1-3-7-12/h1-9,17,21H,10-11H2/t17?,18-/m0/s1. The Morgan fingerprint density at radius 1 is 1.05 bits per heavy atom. The first-order valence-corrected chi connectivity index (χ1v) is 7.32. The van der Waals surface area contributed by atoms with E-state index in [1.54, 1.807) is 6.07 Å². The van der Waals surface area contributed by atoms with Crippen molar-refractivity contribution in [2.24, 2.45) is 5.41 Å². The molecule has 1 N–H and O–H groups in total. The number of nitrogens with zero attached hydrogens (tertiary/aromatic N) is 1. The summed E-state index contributed by atoms with van der Waals surface area (Å²) in [6.07, 6.45) is -0.643. The van der Waals surface area contributed by atoms with Crippen molar-refractivity contribution >= 4 is 11.5 Å². The highest BCUT2D eigenvalue weighted by molar-refractivity contribution is 6.10. The number of aliphatic hydroxyl groups is 1. The van der Waals surface area contributed by atoms with Crippen molar-refractivity contribution in [3.8, 4) is 0 Å². The molecule has 0 bridgehead atoms. The van der Waals surface area contributed by atoms with E-state index >= 15 is 0 Å². The largest absolute Gasteiger partial charge is 0.622 e. The average Bonchev–Trinajstić information content (AvgIpc) is 2.99. The number of hydrogen-bond acceptors (Lipinski definition) is 3. The van der Waals surface area contributed by atoms with Crippen molar-refractivity contribution in [1.82, 2.24) is 0 Å². The maximum Gasteiger partial charge on any atom is 0.279 e. The minimum atomic E-state index is -1.33. The van der Waals surface area contributed by atoms with E-state index in [2.05, 4.69) is 0 Å². The van der Waals surface area contributed by atoms with Crippen LogP contribution in [-0.2, 0) is 6.42 Å². The molecule has 2 aromatic rings. The minimum Gasteiger partial charge on any atom is -0.622 e. The van der Waals surface area contributed by atoms with Crippen molar-refractivity contribution in [3.05, 3.63) is 76.5 Å². The van der Waals surface area contributed by atoms with Gasteiger partial charge in [0.25, 0.3) is 6.23 Å². The Balaban J connectivity index is 1.78. The summed E-state index contributed by atoms with van der Waals surface area (Å²) >= 11 is 0. The molecule has 0 radical (unpaired) electrons. The first kappa shape index (κ1) is 13.2. The molecule has 1 aliphatic heterocycles. The van der Waals surface area contributed by atoms with Crippen LogP contribution in [0.3, 0.4) is 0 Å². The van der Waals surface area contributed by atoms with Gasteiger partial charge in [-0.1, -0.05) is 42.5 Å². The quantitative estimate of drug-likeness (QED) is 0.647. The molecule has 1 aliphatic carbocycles. The summed E-state index contributed by atoms with van der Waals surface area (Å²) in [4.78, 5) is 12.8. The van der Waals surface area contributed by atoms with E-state index in [1.165, 1.54) is 0 Å². The molecule has 0 aromatic heterocycles. The van der Waals surface area contributed by atoms with E-state index < -0.39 is 11.6 Å². The molecule has 0 fully saturated rings. The van der Waals surface area contributed by atoms with Crippen LogP contribution in [0, 0.1) is 10.6 Å². The van der Waals surface area contributed by atoms with E-state index in [9.17, 15) is 15.1 Å². The normalized spacial score (nSPS) is 26.8. The summed E-state index contributed by atoms with van der Waals surface area (Å²) in [6.45, 7) is 0. The number of Topliss-reactive ketones (excluding diaryl/α,β-unsaturated/α-hetero) is 1. The monoisotopic (exact) mass is 293 g/mol. The van der Waals surface area contributed by atoms with Crippen LogP contribution in [0.25, 0.3) is 0 Å². The third kappa shape index (κ3) is 1.61. The maximum atomic E-state index is 12.8. The molecule has 1 heterocycles. The summed E-state index contributed by atoms with van der Waals surface area (Å²) in [6, 6.07) is 16.6. The van der Waals surface area contributed by atoms with Gasteiger partial charge < -0.3 is 10.3 Å². The second kappa shape index (κ2) is 4.52. The summed E-state index contributed by atoms with van der Waals surface area (Å²) < 4.78 is 0.610. The van der Waals surface area contributed by atoms with Crippen molar-refractivity contribution in [3.63, 3.8) is 0 Å². The summed E-state index contributed by atoms with van der Waals surface area (Å²) in [5.74, 6) is -0.123. The lowest BCUT2D eigenvalue weighted by Gasteiger charge is -2.21. The zero-order chi connectivity index (χ0) is 15.3. The van der Waals surface area contributed by atoms with E-state index in [0.29, 0.717) is 22.4 Å². The lowest BCUT2D eigenvalue weighted by Crippen LogP contribution is -2.40. The zero-order valence-electron chi connectivity index (χ0n) is 11.9. The predicted molar refractivity (Wildman–Crippen MR) is 81.7 cm³/mol. The van der Waals surface area contributed by atoms with Gasteiger partial charge >= 0.3 is 0 Å². The highest BCUT2D eigenvalue weighted by atomic mass is 16.5. The van der Waals surface area contributed by atoms with Crippen molar-refractivity contribution in [2.45, 2.75) is 19.1 Å². The number of hydroxylamine groups is 1. The molecule has 0 amide bonds. The molecule has 2 aliphatic rings. The fraction of sp³-hybridized carbons (Fsp3) is 0.222. The molecule has 22 heavy (non-hydrogen) atoms. The number of ketones is 1. The van der Waals surface area contributed by atoms with Gasteiger partial charge in [0.1, 0.15) is 5.41 Å². The second-order valence-electron chi connectivity index (χ2n) is 6.01. The number of fused-ring (bicyclic) bond motifs is 1. The Morgan fingerprint density at radius 3 is 2.45 bits per heavy atom. The van der Waals surface area contributed by atoms with Crippen LogP contribution >= 0.6 is 0 Å². The molecule has 4 rings (SSSR count). The Labute approximate surface area is 127 Å². The van der Waals surface area contributed by atoms with Crippen molar-refractivity contribution in [2.75, 3.05) is 0 Å². The Morgan fingerprint density at radius 2 is 1.73 bits per heavy atom. The smallest absolute Gasteiger partial charge is 0.279 e. The van der Waals surface area contributed by atoms with Gasteiger partial charge in [-0.15, -0.1) is 0 Å². The Kier molecular flexibility index (Phi) is 2.71. The lowest BCUT2D eigenvalue weighted by atomic mass is 9.78. The van der Waals surface area contributed by atoms with Gasteiger partial charge in [-0.3, -0.25) is 4.79 Å². The molecule has 0 saturated heterocycles. The summed E-state index contributed by atoms with van der Waals surface area (Å²) in [7, 11) is 0. The van der Waals surface area contributed by atoms with Gasteiger partial charge in [0, 0.05) is 11.1 Å². The first-order chi connectivity index (χ1) is 10.6. The molecule has 0 saturated carbocycles. The first-order valence-electron chi connectivity index (χ1n) is 7.32. The van der Waals surface area contributed by atoms with E-state index in [-0.39, 0.29) is 12.2 Å².